The van der Waals surface area contributed by atoms with Gasteiger partial charge < -0.3 is 15.0 Å². The van der Waals surface area contributed by atoms with Crippen molar-refractivity contribution in [2.75, 3.05) is 37.0 Å². The van der Waals surface area contributed by atoms with Gasteiger partial charge in [-0.1, -0.05) is 24.3 Å². The van der Waals surface area contributed by atoms with Crippen LogP contribution in [0.4, 0.5) is 5.69 Å². The normalized spacial score (nSPS) is 15.4. The number of thiazole rings is 1. The van der Waals surface area contributed by atoms with E-state index in [1.807, 2.05) is 25.1 Å². The molecule has 0 saturated carbocycles. The summed E-state index contributed by atoms with van der Waals surface area (Å²) in [6, 6.07) is 16.6. The quantitative estimate of drug-likeness (QED) is 0.611. The Hall–Kier alpha value is -2.09. The maximum Gasteiger partial charge on any atom is 0.230 e. The molecule has 1 aliphatic heterocycles. The molecule has 1 amide bonds. The SMILES string of the molecule is CC(NC(=O)CSCc1nc2ccccc2s1)c1ccc(N2CCOCC2)cc1. The zero-order chi connectivity index (χ0) is 20.1. The number of thioether (sulfide) groups is 1. The molecule has 5 nitrogen and oxygen atoms in total. The summed E-state index contributed by atoms with van der Waals surface area (Å²) in [6.07, 6.45) is 0. The van der Waals surface area contributed by atoms with Gasteiger partial charge in [0, 0.05) is 24.5 Å². The Labute approximate surface area is 179 Å². The van der Waals surface area contributed by atoms with E-state index in [4.69, 9.17) is 4.74 Å². The van der Waals surface area contributed by atoms with E-state index in [1.165, 1.54) is 10.4 Å². The standard InChI is InChI=1S/C22H25N3O2S2/c1-16(17-6-8-18(9-7-17)25-10-12-27-13-11-25)23-21(26)14-28-15-22-24-19-4-2-3-5-20(19)29-22/h2-9,16H,10-15H2,1H3,(H,23,26). The minimum Gasteiger partial charge on any atom is -0.378 e. The maximum absolute atomic E-state index is 12.3. The van der Waals surface area contributed by atoms with Crippen LogP contribution < -0.4 is 10.2 Å². The van der Waals surface area contributed by atoms with Gasteiger partial charge in [-0.25, -0.2) is 4.98 Å². The lowest BCUT2D eigenvalue weighted by atomic mass is 10.1. The zero-order valence-corrected chi connectivity index (χ0v) is 18.1. The molecule has 2 aromatic carbocycles. The Morgan fingerprint density at radius 1 is 1.21 bits per heavy atom. The van der Waals surface area contributed by atoms with Gasteiger partial charge >= 0.3 is 0 Å². The second-order valence-corrected chi connectivity index (χ2v) is 9.15. The number of rotatable bonds is 7. The highest BCUT2D eigenvalue weighted by atomic mass is 32.2. The van der Waals surface area contributed by atoms with Crippen molar-refractivity contribution < 1.29 is 9.53 Å². The van der Waals surface area contributed by atoms with Gasteiger partial charge in [-0.15, -0.1) is 23.1 Å². The van der Waals surface area contributed by atoms with Crippen molar-refractivity contribution in [3.05, 3.63) is 59.1 Å². The van der Waals surface area contributed by atoms with E-state index in [1.54, 1.807) is 23.1 Å². The van der Waals surface area contributed by atoms with E-state index >= 15 is 0 Å². The van der Waals surface area contributed by atoms with E-state index in [2.05, 4.69) is 45.5 Å². The summed E-state index contributed by atoms with van der Waals surface area (Å²) < 4.78 is 6.60. The third-order valence-corrected chi connectivity index (χ3v) is 7.11. The Morgan fingerprint density at radius 3 is 2.72 bits per heavy atom. The first-order valence-electron chi connectivity index (χ1n) is 9.83. The zero-order valence-electron chi connectivity index (χ0n) is 16.5. The first-order chi connectivity index (χ1) is 14.2. The smallest absolute Gasteiger partial charge is 0.230 e. The summed E-state index contributed by atoms with van der Waals surface area (Å²) >= 11 is 3.30. The van der Waals surface area contributed by atoms with Gasteiger partial charge in [-0.2, -0.15) is 0 Å². The molecule has 1 atom stereocenters. The average molecular weight is 428 g/mol. The Kier molecular flexibility index (Phi) is 6.69. The summed E-state index contributed by atoms with van der Waals surface area (Å²) in [4.78, 5) is 19.3. The predicted octanol–water partition coefficient (Wildman–Crippen LogP) is 4.24. The van der Waals surface area contributed by atoms with Crippen LogP contribution in [0.1, 0.15) is 23.5 Å². The number of carbonyl (C=O) groups excluding carboxylic acids is 1. The number of amides is 1. The van der Waals surface area contributed by atoms with E-state index in [9.17, 15) is 4.79 Å². The van der Waals surface area contributed by atoms with Crippen molar-refractivity contribution in [1.29, 1.82) is 0 Å². The van der Waals surface area contributed by atoms with Gasteiger partial charge in [0.25, 0.3) is 0 Å². The lowest BCUT2D eigenvalue weighted by Gasteiger charge is -2.29. The van der Waals surface area contributed by atoms with Gasteiger partial charge in [0.15, 0.2) is 0 Å². The summed E-state index contributed by atoms with van der Waals surface area (Å²) in [5.74, 6) is 1.25. The molecule has 1 unspecified atom stereocenters. The average Bonchev–Trinajstić information content (AvgIpc) is 3.17. The van der Waals surface area contributed by atoms with Crippen molar-refractivity contribution in [3.63, 3.8) is 0 Å². The molecule has 2 heterocycles. The van der Waals surface area contributed by atoms with E-state index in [-0.39, 0.29) is 11.9 Å². The maximum atomic E-state index is 12.3. The molecule has 1 aromatic heterocycles. The van der Waals surface area contributed by atoms with Gasteiger partial charge in [0.1, 0.15) is 5.01 Å². The second kappa shape index (κ2) is 9.61. The first kappa shape index (κ1) is 20.2. The van der Waals surface area contributed by atoms with Crippen LogP contribution in [-0.4, -0.2) is 42.9 Å². The number of hydrogen-bond acceptors (Lipinski definition) is 6. The number of aromatic nitrogens is 1. The number of ether oxygens (including phenoxy) is 1. The van der Waals surface area contributed by atoms with Crippen LogP contribution >= 0.6 is 23.1 Å². The number of benzene rings is 2. The fourth-order valence-electron chi connectivity index (χ4n) is 3.37. The van der Waals surface area contributed by atoms with Crippen molar-refractivity contribution >= 4 is 44.9 Å². The Bertz CT molecular complexity index is 919. The molecule has 0 spiro atoms. The molecular weight excluding hydrogens is 402 g/mol. The largest absolute Gasteiger partial charge is 0.378 e. The van der Waals surface area contributed by atoms with Gasteiger partial charge in [0.05, 0.1) is 35.2 Å². The second-order valence-electron chi connectivity index (χ2n) is 7.05. The highest BCUT2D eigenvalue weighted by molar-refractivity contribution is 7.99. The lowest BCUT2D eigenvalue weighted by molar-refractivity contribution is -0.119. The van der Waals surface area contributed by atoms with Crippen LogP contribution in [0.15, 0.2) is 48.5 Å². The molecule has 1 fully saturated rings. The number of anilines is 1. The van der Waals surface area contributed by atoms with Crippen molar-refractivity contribution in [2.45, 2.75) is 18.7 Å². The number of hydrogen-bond donors (Lipinski definition) is 1. The fraction of sp³-hybridized carbons (Fsp3) is 0.364. The molecule has 7 heteroatoms. The van der Waals surface area contributed by atoms with Crippen LogP contribution in [-0.2, 0) is 15.3 Å². The first-order valence-corrected chi connectivity index (χ1v) is 11.8. The summed E-state index contributed by atoms with van der Waals surface area (Å²) in [5, 5.41) is 4.16. The number of nitrogens with zero attached hydrogens (tertiary/aromatic N) is 2. The van der Waals surface area contributed by atoms with Crippen LogP contribution in [0.2, 0.25) is 0 Å². The van der Waals surface area contributed by atoms with Crippen LogP contribution in [0, 0.1) is 0 Å². The summed E-state index contributed by atoms with van der Waals surface area (Å²) in [6.45, 7) is 5.45. The topological polar surface area (TPSA) is 54.5 Å². The molecule has 29 heavy (non-hydrogen) atoms. The number of nitrogens with one attached hydrogen (secondary N) is 1. The van der Waals surface area contributed by atoms with E-state index < -0.39 is 0 Å². The lowest BCUT2D eigenvalue weighted by Crippen LogP contribution is -2.36. The molecule has 4 rings (SSSR count). The number of carbonyl (C=O) groups is 1. The monoisotopic (exact) mass is 427 g/mol. The van der Waals surface area contributed by atoms with Crippen molar-refractivity contribution in [1.82, 2.24) is 10.3 Å². The predicted molar refractivity (Wildman–Crippen MR) is 122 cm³/mol. The minimum atomic E-state index is -0.00992. The minimum absolute atomic E-state index is 0.00992. The highest BCUT2D eigenvalue weighted by Gasteiger charge is 2.13. The molecular formula is C22H25N3O2S2. The van der Waals surface area contributed by atoms with Crippen molar-refractivity contribution in [2.24, 2.45) is 0 Å². The summed E-state index contributed by atoms with van der Waals surface area (Å²) in [5.41, 5.74) is 3.36. The number of morpholine rings is 1. The highest BCUT2D eigenvalue weighted by Crippen LogP contribution is 2.25. The van der Waals surface area contributed by atoms with E-state index in [0.717, 1.165) is 48.1 Å². The third kappa shape index (κ3) is 5.29. The van der Waals surface area contributed by atoms with Crippen LogP contribution in [0.25, 0.3) is 10.2 Å². The molecule has 152 valence electrons. The van der Waals surface area contributed by atoms with E-state index in [0.29, 0.717) is 5.75 Å². The number of fused-ring (bicyclic) bond motifs is 1. The Morgan fingerprint density at radius 2 is 1.97 bits per heavy atom. The number of para-hydroxylation sites is 1. The van der Waals surface area contributed by atoms with Gasteiger partial charge in [-0.05, 0) is 36.8 Å². The Balaban J connectivity index is 1.24. The van der Waals surface area contributed by atoms with Crippen LogP contribution in [0.3, 0.4) is 0 Å². The molecule has 1 saturated heterocycles. The molecule has 1 aliphatic rings. The molecule has 3 aromatic rings. The third-order valence-electron chi connectivity index (χ3n) is 4.94. The van der Waals surface area contributed by atoms with Crippen LogP contribution in [0.5, 0.6) is 0 Å². The van der Waals surface area contributed by atoms with Crippen molar-refractivity contribution in [3.8, 4) is 0 Å². The van der Waals surface area contributed by atoms with Gasteiger partial charge in [0.2, 0.25) is 5.91 Å². The molecule has 0 aliphatic carbocycles. The summed E-state index contributed by atoms with van der Waals surface area (Å²) in [7, 11) is 0. The fourth-order valence-corrected chi connectivity index (χ4v) is 5.23. The van der Waals surface area contributed by atoms with Gasteiger partial charge in [-0.3, -0.25) is 4.79 Å². The molecule has 0 bridgehead atoms. The molecule has 1 N–H and O–H groups in total. The molecule has 0 radical (unpaired) electrons.